The maximum Gasteiger partial charge on any atom is 0.332 e. The topological polar surface area (TPSA) is 69.8 Å². The van der Waals surface area contributed by atoms with Crippen molar-refractivity contribution in [1.29, 1.82) is 0 Å². The first-order valence-corrected chi connectivity index (χ1v) is 9.25. The zero-order chi connectivity index (χ0) is 18.8. The van der Waals surface area contributed by atoms with E-state index in [-0.39, 0.29) is 11.2 Å². The molecule has 0 spiro atoms. The highest BCUT2D eigenvalue weighted by molar-refractivity contribution is 7.98. The standard InChI is InChI=1S/C18H19FN4O2S/c1-4-7-13-20-15-14(17(24)23(3)18(25)22(15)2)16(21-13)26-10-11-8-5-6-9-12(11)19/h5-6,8-9H,4,7,10H2,1-3H3. The molecular formula is C18H19FN4O2S. The molecule has 0 saturated carbocycles. The van der Waals surface area contributed by atoms with E-state index in [4.69, 9.17) is 0 Å². The lowest BCUT2D eigenvalue weighted by Gasteiger charge is -2.12. The van der Waals surface area contributed by atoms with Crippen molar-refractivity contribution in [3.05, 3.63) is 62.3 Å². The fraction of sp³-hybridized carbons (Fsp3) is 0.333. The lowest BCUT2D eigenvalue weighted by Crippen LogP contribution is -2.37. The van der Waals surface area contributed by atoms with Gasteiger partial charge in [0, 0.05) is 26.3 Å². The summed E-state index contributed by atoms with van der Waals surface area (Å²) in [5.74, 6) is 0.600. The molecule has 0 atom stereocenters. The summed E-state index contributed by atoms with van der Waals surface area (Å²) >= 11 is 1.27. The second-order valence-electron chi connectivity index (χ2n) is 5.98. The van der Waals surface area contributed by atoms with Crippen LogP contribution in [0.5, 0.6) is 0 Å². The first kappa shape index (κ1) is 18.3. The molecule has 3 aromatic rings. The van der Waals surface area contributed by atoms with Crippen LogP contribution < -0.4 is 11.2 Å². The van der Waals surface area contributed by atoms with Crippen molar-refractivity contribution in [1.82, 2.24) is 19.1 Å². The molecule has 0 radical (unpaired) electrons. The fourth-order valence-electron chi connectivity index (χ4n) is 2.67. The second kappa shape index (κ2) is 7.41. The Morgan fingerprint density at radius 1 is 1.12 bits per heavy atom. The highest BCUT2D eigenvalue weighted by atomic mass is 32.2. The lowest BCUT2D eigenvalue weighted by molar-refractivity contribution is 0.617. The van der Waals surface area contributed by atoms with Crippen LogP contribution in [0.4, 0.5) is 4.39 Å². The summed E-state index contributed by atoms with van der Waals surface area (Å²) < 4.78 is 16.3. The van der Waals surface area contributed by atoms with Gasteiger partial charge in [-0.05, 0) is 18.1 Å². The van der Waals surface area contributed by atoms with Crippen molar-refractivity contribution in [3.63, 3.8) is 0 Å². The molecule has 26 heavy (non-hydrogen) atoms. The van der Waals surface area contributed by atoms with Gasteiger partial charge in [-0.15, -0.1) is 11.8 Å². The highest BCUT2D eigenvalue weighted by Gasteiger charge is 2.17. The summed E-state index contributed by atoms with van der Waals surface area (Å²) in [5, 5.41) is 0.758. The third kappa shape index (κ3) is 3.29. The molecule has 0 aliphatic carbocycles. The van der Waals surface area contributed by atoms with Crippen molar-refractivity contribution < 1.29 is 4.39 Å². The maximum absolute atomic E-state index is 13.9. The SMILES string of the molecule is CCCc1nc(SCc2ccccc2F)c2c(=O)n(C)c(=O)n(C)c2n1. The Balaban J connectivity index is 2.17. The van der Waals surface area contributed by atoms with Gasteiger partial charge in [0.2, 0.25) is 0 Å². The van der Waals surface area contributed by atoms with Gasteiger partial charge in [0.1, 0.15) is 22.1 Å². The smallest absolute Gasteiger partial charge is 0.280 e. The molecule has 3 rings (SSSR count). The molecule has 8 heteroatoms. The van der Waals surface area contributed by atoms with Crippen LogP contribution in [-0.2, 0) is 26.3 Å². The van der Waals surface area contributed by atoms with Crippen molar-refractivity contribution in [3.8, 4) is 0 Å². The van der Waals surface area contributed by atoms with Crippen LogP contribution in [0.3, 0.4) is 0 Å². The molecule has 0 amide bonds. The molecule has 0 unspecified atom stereocenters. The predicted molar refractivity (Wildman–Crippen MR) is 100.0 cm³/mol. The molecule has 0 bridgehead atoms. The van der Waals surface area contributed by atoms with Gasteiger partial charge in [-0.1, -0.05) is 25.1 Å². The van der Waals surface area contributed by atoms with Crippen LogP contribution in [0.1, 0.15) is 24.7 Å². The Kier molecular flexibility index (Phi) is 5.22. The van der Waals surface area contributed by atoms with Crippen molar-refractivity contribution in [2.45, 2.75) is 30.5 Å². The largest absolute Gasteiger partial charge is 0.332 e. The molecule has 6 nitrogen and oxygen atoms in total. The fourth-order valence-corrected chi connectivity index (χ4v) is 3.69. The normalized spacial score (nSPS) is 11.2. The van der Waals surface area contributed by atoms with Gasteiger partial charge in [-0.3, -0.25) is 13.9 Å². The van der Waals surface area contributed by atoms with E-state index in [9.17, 15) is 14.0 Å². The number of hydrogen-bond acceptors (Lipinski definition) is 5. The minimum atomic E-state index is -0.442. The van der Waals surface area contributed by atoms with Crippen LogP contribution in [0.2, 0.25) is 0 Å². The molecule has 2 heterocycles. The molecule has 0 aliphatic heterocycles. The number of hydrogen-bond donors (Lipinski definition) is 0. The molecule has 1 aromatic carbocycles. The van der Waals surface area contributed by atoms with Crippen LogP contribution in [0, 0.1) is 5.82 Å². The molecule has 2 aromatic heterocycles. The number of aryl methyl sites for hydroxylation is 2. The van der Waals surface area contributed by atoms with E-state index in [1.54, 1.807) is 25.2 Å². The van der Waals surface area contributed by atoms with E-state index in [0.717, 1.165) is 11.0 Å². The molecule has 136 valence electrons. The summed E-state index contributed by atoms with van der Waals surface area (Å²) in [6.07, 6.45) is 1.47. The Bertz CT molecular complexity index is 1090. The average molecular weight is 374 g/mol. The Morgan fingerprint density at radius 3 is 2.54 bits per heavy atom. The van der Waals surface area contributed by atoms with E-state index in [0.29, 0.717) is 34.2 Å². The first-order chi connectivity index (χ1) is 12.4. The molecule has 0 aliphatic rings. The number of aromatic nitrogens is 4. The average Bonchev–Trinajstić information content (AvgIpc) is 2.64. The van der Waals surface area contributed by atoms with Gasteiger partial charge < -0.3 is 0 Å². The Labute approximate surface area is 153 Å². The lowest BCUT2D eigenvalue weighted by atomic mass is 10.2. The number of fused-ring (bicyclic) bond motifs is 1. The molecule has 0 N–H and O–H groups in total. The summed E-state index contributed by atoms with van der Waals surface area (Å²) in [5.41, 5.74) is -0.0357. The summed E-state index contributed by atoms with van der Waals surface area (Å²) in [6.45, 7) is 2.00. The number of rotatable bonds is 5. The van der Waals surface area contributed by atoms with E-state index in [2.05, 4.69) is 9.97 Å². The van der Waals surface area contributed by atoms with Crippen LogP contribution in [0.15, 0.2) is 38.9 Å². The van der Waals surface area contributed by atoms with E-state index in [1.165, 1.54) is 29.4 Å². The monoisotopic (exact) mass is 374 g/mol. The van der Waals surface area contributed by atoms with Crippen molar-refractivity contribution in [2.75, 3.05) is 0 Å². The summed E-state index contributed by atoms with van der Waals surface area (Å²) in [6, 6.07) is 6.50. The van der Waals surface area contributed by atoms with Crippen molar-refractivity contribution >= 4 is 22.8 Å². The van der Waals surface area contributed by atoms with Crippen molar-refractivity contribution in [2.24, 2.45) is 14.1 Å². The summed E-state index contributed by atoms with van der Waals surface area (Å²) in [4.78, 5) is 33.8. The Morgan fingerprint density at radius 2 is 1.85 bits per heavy atom. The van der Waals surface area contributed by atoms with E-state index < -0.39 is 11.2 Å². The van der Waals surface area contributed by atoms with Crippen LogP contribution in [0.25, 0.3) is 11.0 Å². The molecular weight excluding hydrogens is 355 g/mol. The van der Waals surface area contributed by atoms with Gasteiger partial charge in [0.05, 0.1) is 0 Å². The summed E-state index contributed by atoms with van der Waals surface area (Å²) in [7, 11) is 3.01. The highest BCUT2D eigenvalue weighted by Crippen LogP contribution is 2.26. The minimum absolute atomic E-state index is 0.288. The van der Waals surface area contributed by atoms with Gasteiger partial charge in [-0.25, -0.2) is 19.2 Å². The minimum Gasteiger partial charge on any atom is -0.280 e. The number of halogens is 1. The third-order valence-electron chi connectivity index (χ3n) is 4.11. The van der Waals surface area contributed by atoms with Gasteiger partial charge in [0.15, 0.2) is 5.65 Å². The maximum atomic E-state index is 13.9. The van der Waals surface area contributed by atoms with Gasteiger partial charge in [-0.2, -0.15) is 0 Å². The number of thioether (sulfide) groups is 1. The zero-order valence-corrected chi connectivity index (χ0v) is 15.6. The third-order valence-corrected chi connectivity index (χ3v) is 5.13. The van der Waals surface area contributed by atoms with Gasteiger partial charge in [0.25, 0.3) is 5.56 Å². The molecule has 0 saturated heterocycles. The number of nitrogens with zero attached hydrogens (tertiary/aromatic N) is 4. The first-order valence-electron chi connectivity index (χ1n) is 8.26. The predicted octanol–water partition coefficient (Wildman–Crippen LogP) is 2.41. The second-order valence-corrected chi connectivity index (χ2v) is 6.94. The Hall–Kier alpha value is -2.48. The van der Waals surface area contributed by atoms with E-state index in [1.807, 2.05) is 6.92 Å². The quantitative estimate of drug-likeness (QED) is 0.507. The van der Waals surface area contributed by atoms with Gasteiger partial charge >= 0.3 is 5.69 Å². The van der Waals surface area contributed by atoms with E-state index >= 15 is 0 Å². The number of benzene rings is 1. The zero-order valence-electron chi connectivity index (χ0n) is 14.8. The van der Waals surface area contributed by atoms with Crippen LogP contribution in [-0.4, -0.2) is 19.1 Å². The molecule has 0 fully saturated rings. The van der Waals surface area contributed by atoms with Crippen LogP contribution >= 0.6 is 11.8 Å².